The average Bonchev–Trinajstić information content (AvgIpc) is 2.42. The van der Waals surface area contributed by atoms with Crippen molar-refractivity contribution in [2.24, 2.45) is 5.92 Å². The Morgan fingerprint density at radius 1 is 1.48 bits per heavy atom. The summed E-state index contributed by atoms with van der Waals surface area (Å²) >= 11 is 0. The molecular formula is C16H22FNO3. The molecule has 0 saturated carbocycles. The number of halogens is 1. The summed E-state index contributed by atoms with van der Waals surface area (Å²) < 4.78 is 19.4. The van der Waals surface area contributed by atoms with Gasteiger partial charge in [0.05, 0.1) is 0 Å². The molecule has 0 amide bonds. The van der Waals surface area contributed by atoms with Crippen LogP contribution in [0.3, 0.4) is 0 Å². The van der Waals surface area contributed by atoms with Gasteiger partial charge in [0.1, 0.15) is 11.9 Å². The van der Waals surface area contributed by atoms with Crippen LogP contribution in [0.5, 0.6) is 0 Å². The van der Waals surface area contributed by atoms with Gasteiger partial charge in [0.15, 0.2) is 0 Å². The van der Waals surface area contributed by atoms with Crippen molar-refractivity contribution >= 4 is 5.97 Å². The van der Waals surface area contributed by atoms with Crippen molar-refractivity contribution < 1.29 is 19.0 Å². The van der Waals surface area contributed by atoms with Crippen molar-refractivity contribution in [3.63, 3.8) is 0 Å². The highest BCUT2D eigenvalue weighted by atomic mass is 19.1. The molecule has 1 aromatic rings. The van der Waals surface area contributed by atoms with Crippen LogP contribution < -0.4 is 0 Å². The van der Waals surface area contributed by atoms with Gasteiger partial charge in [-0.3, -0.25) is 9.69 Å². The number of aliphatic carboxylic acids is 1. The maximum Gasteiger partial charge on any atom is 0.325 e. The second kappa shape index (κ2) is 7.00. The Morgan fingerprint density at radius 3 is 2.71 bits per heavy atom. The molecule has 0 aliphatic carbocycles. The zero-order valence-electron chi connectivity index (χ0n) is 12.5. The molecule has 1 saturated heterocycles. The van der Waals surface area contributed by atoms with E-state index in [1.54, 1.807) is 31.0 Å². The summed E-state index contributed by atoms with van der Waals surface area (Å²) in [4.78, 5) is 13.3. The third-order valence-electron chi connectivity index (χ3n) is 4.01. The highest BCUT2D eigenvalue weighted by Crippen LogP contribution is 2.26. The van der Waals surface area contributed by atoms with Crippen LogP contribution in [0.15, 0.2) is 18.2 Å². The Balaban J connectivity index is 2.15. The Morgan fingerprint density at radius 2 is 2.14 bits per heavy atom. The third-order valence-corrected chi connectivity index (χ3v) is 4.01. The molecule has 1 atom stereocenters. The van der Waals surface area contributed by atoms with Gasteiger partial charge in [0.2, 0.25) is 0 Å². The first kappa shape index (κ1) is 15.9. The maximum atomic E-state index is 14.1. The van der Waals surface area contributed by atoms with E-state index in [-0.39, 0.29) is 5.56 Å². The van der Waals surface area contributed by atoms with Gasteiger partial charge in [0, 0.05) is 25.3 Å². The number of benzene rings is 1. The van der Waals surface area contributed by atoms with Crippen LogP contribution in [-0.4, -0.2) is 42.8 Å². The summed E-state index contributed by atoms with van der Waals surface area (Å²) in [5, 5.41) is 9.49. The van der Waals surface area contributed by atoms with Gasteiger partial charge in [-0.2, -0.15) is 0 Å². The molecule has 1 aliphatic heterocycles. The number of aryl methyl sites for hydroxylation is 1. The summed E-state index contributed by atoms with van der Waals surface area (Å²) in [5.74, 6) is -1.08. The number of nitrogens with zero attached hydrogens (tertiary/aromatic N) is 1. The number of hydrogen-bond acceptors (Lipinski definition) is 3. The van der Waals surface area contributed by atoms with Gasteiger partial charge >= 0.3 is 5.97 Å². The molecule has 21 heavy (non-hydrogen) atoms. The molecule has 1 fully saturated rings. The number of carboxylic acid groups (broad SMARTS) is 1. The number of carbonyl (C=O) groups is 1. The lowest BCUT2D eigenvalue weighted by Crippen LogP contribution is -2.36. The molecule has 116 valence electrons. The number of rotatable bonds is 5. The fraction of sp³-hybridized carbons (Fsp3) is 0.562. The van der Waals surface area contributed by atoms with Gasteiger partial charge in [-0.25, -0.2) is 4.39 Å². The van der Waals surface area contributed by atoms with E-state index in [4.69, 9.17) is 4.74 Å². The van der Waals surface area contributed by atoms with Crippen LogP contribution in [0.25, 0.3) is 0 Å². The molecule has 1 heterocycles. The Labute approximate surface area is 124 Å². The van der Waals surface area contributed by atoms with E-state index in [0.717, 1.165) is 31.6 Å². The van der Waals surface area contributed by atoms with Crippen molar-refractivity contribution in [1.29, 1.82) is 0 Å². The molecule has 1 aromatic carbocycles. The van der Waals surface area contributed by atoms with E-state index in [9.17, 15) is 14.3 Å². The first-order valence-corrected chi connectivity index (χ1v) is 7.26. The zero-order valence-corrected chi connectivity index (χ0v) is 12.5. The Hall–Kier alpha value is -1.46. The minimum absolute atomic E-state index is 0.225. The normalized spacial score (nSPS) is 17.9. The molecule has 0 aromatic heterocycles. The summed E-state index contributed by atoms with van der Waals surface area (Å²) in [7, 11) is 1.74. The van der Waals surface area contributed by atoms with E-state index >= 15 is 0 Å². The van der Waals surface area contributed by atoms with Crippen molar-refractivity contribution in [3.8, 4) is 0 Å². The highest BCUT2D eigenvalue weighted by molar-refractivity contribution is 5.75. The van der Waals surface area contributed by atoms with Gasteiger partial charge in [-0.15, -0.1) is 0 Å². The van der Waals surface area contributed by atoms with Crippen LogP contribution in [0.4, 0.5) is 4.39 Å². The van der Waals surface area contributed by atoms with E-state index in [1.165, 1.54) is 6.07 Å². The fourth-order valence-corrected chi connectivity index (χ4v) is 2.85. The zero-order chi connectivity index (χ0) is 15.4. The molecule has 0 bridgehead atoms. The van der Waals surface area contributed by atoms with E-state index < -0.39 is 17.8 Å². The number of ether oxygens (including phenoxy) is 1. The SMILES string of the molecule is Cc1ccc([C@@H](C(=O)O)N(C)CC2CCOCC2)c(F)c1. The summed E-state index contributed by atoms with van der Waals surface area (Å²) in [6, 6.07) is 3.75. The molecule has 0 unspecified atom stereocenters. The first-order valence-electron chi connectivity index (χ1n) is 7.26. The molecular weight excluding hydrogens is 273 g/mol. The van der Waals surface area contributed by atoms with Crippen LogP contribution in [0, 0.1) is 18.7 Å². The van der Waals surface area contributed by atoms with Crippen molar-refractivity contribution in [1.82, 2.24) is 4.90 Å². The second-order valence-electron chi connectivity index (χ2n) is 5.76. The summed E-state index contributed by atoms with van der Waals surface area (Å²) in [5.41, 5.74) is 1.01. The Bertz CT molecular complexity index is 500. The monoisotopic (exact) mass is 295 g/mol. The standard InChI is InChI=1S/C16H22FNO3/c1-11-3-4-13(14(17)9-11)15(16(19)20)18(2)10-12-5-7-21-8-6-12/h3-4,9,12,15H,5-8,10H2,1-2H3,(H,19,20)/t15-/m0/s1. The summed E-state index contributed by atoms with van der Waals surface area (Å²) in [6.45, 7) is 3.85. The van der Waals surface area contributed by atoms with Gasteiger partial charge < -0.3 is 9.84 Å². The molecule has 4 nitrogen and oxygen atoms in total. The minimum atomic E-state index is -1.02. The van der Waals surface area contributed by atoms with Gasteiger partial charge in [-0.1, -0.05) is 12.1 Å². The van der Waals surface area contributed by atoms with Crippen LogP contribution in [0.2, 0.25) is 0 Å². The fourth-order valence-electron chi connectivity index (χ4n) is 2.85. The van der Waals surface area contributed by atoms with E-state index in [0.29, 0.717) is 12.5 Å². The molecule has 0 spiro atoms. The van der Waals surface area contributed by atoms with Crippen molar-refractivity contribution in [3.05, 3.63) is 35.1 Å². The molecule has 1 N–H and O–H groups in total. The average molecular weight is 295 g/mol. The van der Waals surface area contributed by atoms with Crippen LogP contribution in [0.1, 0.15) is 30.0 Å². The number of carboxylic acids is 1. The van der Waals surface area contributed by atoms with Gasteiger partial charge in [0.25, 0.3) is 0 Å². The molecule has 5 heteroatoms. The van der Waals surface area contributed by atoms with Crippen LogP contribution in [-0.2, 0) is 9.53 Å². The predicted octanol–water partition coefficient (Wildman–Crippen LogP) is 2.62. The van der Waals surface area contributed by atoms with Crippen LogP contribution >= 0.6 is 0 Å². The lowest BCUT2D eigenvalue weighted by atomic mass is 9.97. The van der Waals surface area contributed by atoms with E-state index in [1.807, 2.05) is 0 Å². The number of likely N-dealkylation sites (N-methyl/N-ethyl adjacent to an activating group) is 1. The molecule has 0 radical (unpaired) electrons. The maximum absolute atomic E-state index is 14.1. The predicted molar refractivity (Wildman–Crippen MR) is 77.7 cm³/mol. The first-order chi connectivity index (χ1) is 9.99. The van der Waals surface area contributed by atoms with Crippen molar-refractivity contribution in [2.75, 3.05) is 26.8 Å². The molecule has 2 rings (SSSR count). The smallest absolute Gasteiger partial charge is 0.325 e. The molecule has 1 aliphatic rings. The summed E-state index contributed by atoms with van der Waals surface area (Å²) in [6.07, 6.45) is 1.85. The van der Waals surface area contributed by atoms with Crippen molar-refractivity contribution in [2.45, 2.75) is 25.8 Å². The second-order valence-corrected chi connectivity index (χ2v) is 5.76. The van der Waals surface area contributed by atoms with Gasteiger partial charge in [-0.05, 0) is 44.4 Å². The quantitative estimate of drug-likeness (QED) is 0.907. The lowest BCUT2D eigenvalue weighted by Gasteiger charge is -2.31. The third kappa shape index (κ3) is 4.02. The topological polar surface area (TPSA) is 49.8 Å². The Kier molecular flexibility index (Phi) is 5.31. The lowest BCUT2D eigenvalue weighted by molar-refractivity contribution is -0.143. The largest absolute Gasteiger partial charge is 0.480 e. The number of hydrogen-bond donors (Lipinski definition) is 1. The highest BCUT2D eigenvalue weighted by Gasteiger charge is 2.29. The minimum Gasteiger partial charge on any atom is -0.480 e. The van der Waals surface area contributed by atoms with E-state index in [2.05, 4.69) is 0 Å².